The normalized spacial score (nSPS) is 11.4. The summed E-state index contributed by atoms with van der Waals surface area (Å²) in [6.45, 7) is 3.58. The average Bonchev–Trinajstić information content (AvgIpc) is 2.93. The number of nitrogens with one attached hydrogen (secondary N) is 1. The van der Waals surface area contributed by atoms with Gasteiger partial charge in [0.2, 0.25) is 0 Å². The van der Waals surface area contributed by atoms with E-state index >= 15 is 0 Å². The minimum atomic E-state index is -0.844. The molecule has 0 aliphatic carbocycles. The quantitative estimate of drug-likeness (QED) is 0.332. The van der Waals surface area contributed by atoms with Gasteiger partial charge >= 0.3 is 5.97 Å². The number of carbonyl (C=O) groups excluding carboxylic acids is 2. The summed E-state index contributed by atoms with van der Waals surface area (Å²) in [5.74, 6) is -0.328. The summed E-state index contributed by atoms with van der Waals surface area (Å²) in [4.78, 5) is 34.2. The number of methoxy groups -OCH3 is 1. The van der Waals surface area contributed by atoms with Gasteiger partial charge in [0.1, 0.15) is 18.5 Å². The SMILES string of the molecule is COC(=O)[C@H](C)NC(=O)c1nc(Cc2ccc(-c3ccccc3)cc2)nc(C)c1OCc1ccccc1. The number of rotatable bonds is 9. The van der Waals surface area contributed by atoms with Crippen molar-refractivity contribution in [2.24, 2.45) is 0 Å². The second-order valence-electron chi connectivity index (χ2n) is 8.64. The number of amides is 1. The van der Waals surface area contributed by atoms with E-state index in [1.165, 1.54) is 7.11 Å². The lowest BCUT2D eigenvalue weighted by Crippen LogP contribution is -2.39. The predicted molar refractivity (Wildman–Crippen MR) is 141 cm³/mol. The molecule has 0 saturated heterocycles. The highest BCUT2D eigenvalue weighted by molar-refractivity contribution is 5.97. The third-order valence-corrected chi connectivity index (χ3v) is 5.85. The lowest BCUT2D eigenvalue weighted by Gasteiger charge is -2.16. The summed E-state index contributed by atoms with van der Waals surface area (Å²) in [5, 5.41) is 2.65. The molecule has 7 heteroatoms. The summed E-state index contributed by atoms with van der Waals surface area (Å²) < 4.78 is 10.7. The van der Waals surface area contributed by atoms with Crippen LogP contribution in [0.3, 0.4) is 0 Å². The first-order chi connectivity index (χ1) is 17.9. The first-order valence-electron chi connectivity index (χ1n) is 12.0. The monoisotopic (exact) mass is 495 g/mol. The molecule has 1 atom stereocenters. The van der Waals surface area contributed by atoms with Gasteiger partial charge in [0.15, 0.2) is 11.4 Å². The number of aromatic nitrogens is 2. The van der Waals surface area contributed by atoms with Gasteiger partial charge in [-0.25, -0.2) is 14.8 Å². The largest absolute Gasteiger partial charge is 0.485 e. The number of benzene rings is 3. The van der Waals surface area contributed by atoms with Crippen LogP contribution >= 0.6 is 0 Å². The Kier molecular flexibility index (Phi) is 8.26. The Morgan fingerprint density at radius 2 is 1.46 bits per heavy atom. The number of esters is 1. The van der Waals surface area contributed by atoms with Crippen LogP contribution in [0.1, 0.15) is 40.1 Å². The van der Waals surface area contributed by atoms with E-state index in [1.807, 2.05) is 60.7 Å². The summed E-state index contributed by atoms with van der Waals surface area (Å²) in [5.41, 5.74) is 4.82. The van der Waals surface area contributed by atoms with Crippen molar-refractivity contribution in [2.75, 3.05) is 7.11 Å². The first kappa shape index (κ1) is 25.6. The van der Waals surface area contributed by atoms with E-state index in [1.54, 1.807) is 13.8 Å². The Hall–Kier alpha value is -4.52. The van der Waals surface area contributed by atoms with Crippen molar-refractivity contribution in [3.63, 3.8) is 0 Å². The smallest absolute Gasteiger partial charge is 0.328 e. The maximum absolute atomic E-state index is 13.2. The van der Waals surface area contributed by atoms with Crippen molar-refractivity contribution in [3.05, 3.63) is 113 Å². The van der Waals surface area contributed by atoms with E-state index in [4.69, 9.17) is 9.47 Å². The zero-order valence-electron chi connectivity index (χ0n) is 21.1. The maximum atomic E-state index is 13.2. The second kappa shape index (κ2) is 11.9. The molecule has 0 bridgehead atoms. The van der Waals surface area contributed by atoms with Crippen LogP contribution in [-0.2, 0) is 22.6 Å². The molecule has 7 nitrogen and oxygen atoms in total. The minimum Gasteiger partial charge on any atom is -0.485 e. The molecule has 0 saturated carbocycles. The van der Waals surface area contributed by atoms with E-state index in [2.05, 4.69) is 39.6 Å². The summed E-state index contributed by atoms with van der Waals surface area (Å²) in [6, 6.07) is 27.1. The van der Waals surface area contributed by atoms with Crippen LogP contribution in [-0.4, -0.2) is 35.0 Å². The molecule has 0 radical (unpaired) electrons. The Balaban J connectivity index is 1.60. The van der Waals surface area contributed by atoms with Crippen molar-refractivity contribution in [1.29, 1.82) is 0 Å². The molecule has 0 aliphatic rings. The molecule has 1 heterocycles. The Labute approximate surface area is 216 Å². The number of carbonyl (C=O) groups is 2. The number of hydrogen-bond donors (Lipinski definition) is 1. The van der Waals surface area contributed by atoms with Crippen molar-refractivity contribution >= 4 is 11.9 Å². The fourth-order valence-electron chi connectivity index (χ4n) is 3.88. The third kappa shape index (κ3) is 6.58. The lowest BCUT2D eigenvalue weighted by atomic mass is 10.0. The molecule has 0 spiro atoms. The molecule has 4 aromatic rings. The van der Waals surface area contributed by atoms with Crippen molar-refractivity contribution in [3.8, 4) is 16.9 Å². The standard InChI is InChI=1S/C30H29N3O4/c1-20-28(37-19-23-10-6-4-7-11-23)27(29(34)32-21(2)30(35)36-3)33-26(31-20)18-22-14-16-25(17-15-22)24-12-8-5-9-13-24/h4-17,21H,18-19H2,1-3H3,(H,32,34)/t21-/m0/s1. The molecule has 1 aromatic heterocycles. The summed E-state index contributed by atoms with van der Waals surface area (Å²) in [7, 11) is 1.27. The lowest BCUT2D eigenvalue weighted by molar-refractivity contribution is -0.142. The molecule has 1 N–H and O–H groups in total. The van der Waals surface area contributed by atoms with Crippen molar-refractivity contribution in [2.45, 2.75) is 32.9 Å². The highest BCUT2D eigenvalue weighted by Gasteiger charge is 2.24. The third-order valence-electron chi connectivity index (χ3n) is 5.85. The Morgan fingerprint density at radius 3 is 2.11 bits per heavy atom. The number of aryl methyl sites for hydroxylation is 1. The molecule has 4 rings (SSSR count). The van der Waals surface area contributed by atoms with Crippen LogP contribution in [0.5, 0.6) is 5.75 Å². The molecule has 3 aromatic carbocycles. The molecular weight excluding hydrogens is 466 g/mol. The van der Waals surface area contributed by atoms with Gasteiger partial charge in [0.05, 0.1) is 12.8 Å². The van der Waals surface area contributed by atoms with Gasteiger partial charge < -0.3 is 14.8 Å². The molecule has 0 unspecified atom stereocenters. The van der Waals surface area contributed by atoms with Crippen LogP contribution < -0.4 is 10.1 Å². The molecule has 0 aliphatic heterocycles. The number of hydrogen-bond acceptors (Lipinski definition) is 6. The predicted octanol–water partition coefficient (Wildman–Crippen LogP) is 4.91. The highest BCUT2D eigenvalue weighted by atomic mass is 16.5. The fraction of sp³-hybridized carbons (Fsp3) is 0.200. The van der Waals surface area contributed by atoms with Crippen molar-refractivity contribution in [1.82, 2.24) is 15.3 Å². The van der Waals surface area contributed by atoms with Gasteiger partial charge in [-0.2, -0.15) is 0 Å². The minimum absolute atomic E-state index is 0.0788. The fourth-order valence-corrected chi connectivity index (χ4v) is 3.88. The van der Waals surface area contributed by atoms with E-state index in [9.17, 15) is 9.59 Å². The zero-order valence-corrected chi connectivity index (χ0v) is 21.1. The van der Waals surface area contributed by atoms with E-state index in [-0.39, 0.29) is 18.1 Å². The van der Waals surface area contributed by atoms with Crippen LogP contribution in [0.25, 0.3) is 11.1 Å². The van der Waals surface area contributed by atoms with Gasteiger partial charge in [0.25, 0.3) is 5.91 Å². The van der Waals surface area contributed by atoms with Gasteiger partial charge in [-0.3, -0.25) is 4.79 Å². The molecule has 1 amide bonds. The highest BCUT2D eigenvalue weighted by Crippen LogP contribution is 2.24. The first-order valence-corrected chi connectivity index (χ1v) is 12.0. The molecule has 37 heavy (non-hydrogen) atoms. The van der Waals surface area contributed by atoms with Crippen LogP contribution in [0.15, 0.2) is 84.9 Å². The number of nitrogens with zero attached hydrogens (tertiary/aromatic N) is 2. The molecule has 188 valence electrons. The average molecular weight is 496 g/mol. The second-order valence-corrected chi connectivity index (χ2v) is 8.64. The van der Waals surface area contributed by atoms with Gasteiger partial charge in [-0.15, -0.1) is 0 Å². The molecule has 0 fully saturated rings. The topological polar surface area (TPSA) is 90.4 Å². The summed E-state index contributed by atoms with van der Waals surface area (Å²) >= 11 is 0. The van der Waals surface area contributed by atoms with Crippen molar-refractivity contribution < 1.29 is 19.1 Å². The van der Waals surface area contributed by atoms with Crippen LogP contribution in [0.2, 0.25) is 0 Å². The maximum Gasteiger partial charge on any atom is 0.328 e. The Bertz CT molecular complexity index is 1360. The summed E-state index contributed by atoms with van der Waals surface area (Å²) in [6.07, 6.45) is 0.432. The van der Waals surface area contributed by atoms with E-state index in [0.29, 0.717) is 17.9 Å². The van der Waals surface area contributed by atoms with E-state index < -0.39 is 17.9 Å². The zero-order chi connectivity index (χ0) is 26.2. The van der Waals surface area contributed by atoms with Gasteiger partial charge in [0, 0.05) is 6.42 Å². The van der Waals surface area contributed by atoms with E-state index in [0.717, 1.165) is 22.3 Å². The number of ether oxygens (including phenoxy) is 2. The van der Waals surface area contributed by atoms with Crippen LogP contribution in [0, 0.1) is 6.92 Å². The van der Waals surface area contributed by atoms with Gasteiger partial charge in [-0.05, 0) is 36.1 Å². The Morgan fingerprint density at radius 1 is 0.838 bits per heavy atom. The van der Waals surface area contributed by atoms with Crippen LogP contribution in [0.4, 0.5) is 0 Å². The molecular formula is C30H29N3O4. The van der Waals surface area contributed by atoms with Gasteiger partial charge in [-0.1, -0.05) is 84.9 Å².